The van der Waals surface area contributed by atoms with E-state index in [-0.39, 0.29) is 6.04 Å². The van der Waals surface area contributed by atoms with Gasteiger partial charge >= 0.3 is 0 Å². The number of hydrogen-bond donors (Lipinski definition) is 1. The van der Waals surface area contributed by atoms with Crippen LogP contribution in [0.1, 0.15) is 46.0 Å². The summed E-state index contributed by atoms with van der Waals surface area (Å²) in [7, 11) is -3.03. The molecule has 0 saturated carbocycles. The lowest BCUT2D eigenvalue weighted by atomic mass is 9.88. The van der Waals surface area contributed by atoms with Crippen molar-refractivity contribution in [3.8, 4) is 0 Å². The molecule has 1 aliphatic heterocycles. The molecular weight excluding hydrogens is 248 g/mol. The van der Waals surface area contributed by atoms with Crippen molar-refractivity contribution < 1.29 is 8.42 Å². The molecule has 18 heavy (non-hydrogen) atoms. The summed E-state index contributed by atoms with van der Waals surface area (Å²) < 4.78 is 24.7. The maximum absolute atomic E-state index is 11.5. The van der Waals surface area contributed by atoms with E-state index in [9.17, 15) is 8.42 Å². The van der Waals surface area contributed by atoms with Crippen molar-refractivity contribution in [2.45, 2.75) is 52.0 Å². The van der Waals surface area contributed by atoms with Gasteiger partial charge in [0.25, 0.3) is 0 Å². The lowest BCUT2D eigenvalue weighted by molar-refractivity contribution is 0.239. The second-order valence-corrected chi connectivity index (χ2v) is 7.86. The molecule has 1 aliphatic rings. The molecule has 0 amide bonds. The molecule has 3 unspecified atom stereocenters. The molecule has 0 bridgehead atoms. The zero-order valence-electron chi connectivity index (χ0n) is 11.9. The van der Waals surface area contributed by atoms with Crippen LogP contribution in [0.4, 0.5) is 0 Å². The van der Waals surface area contributed by atoms with Crippen LogP contribution in [-0.2, 0) is 10.0 Å². The van der Waals surface area contributed by atoms with Gasteiger partial charge in [-0.1, -0.05) is 20.3 Å². The largest absolute Gasteiger partial charge is 0.328 e. The van der Waals surface area contributed by atoms with Crippen LogP contribution in [0, 0.1) is 11.8 Å². The lowest BCUT2D eigenvalue weighted by Gasteiger charge is -2.32. The number of piperidine rings is 1. The average Bonchev–Trinajstić information content (AvgIpc) is 2.27. The van der Waals surface area contributed by atoms with Crippen LogP contribution in [-0.4, -0.2) is 38.1 Å². The maximum atomic E-state index is 11.5. The minimum atomic E-state index is -3.03. The summed E-state index contributed by atoms with van der Waals surface area (Å²) in [5.74, 6) is 1.10. The van der Waals surface area contributed by atoms with Gasteiger partial charge < -0.3 is 5.73 Å². The van der Waals surface area contributed by atoms with Gasteiger partial charge in [-0.25, -0.2) is 12.7 Å². The molecule has 1 saturated heterocycles. The van der Waals surface area contributed by atoms with Crippen molar-refractivity contribution in [2.75, 3.05) is 19.3 Å². The fraction of sp³-hybridized carbons (Fsp3) is 1.00. The Morgan fingerprint density at radius 3 is 2.67 bits per heavy atom. The van der Waals surface area contributed by atoms with E-state index in [0.717, 1.165) is 32.1 Å². The van der Waals surface area contributed by atoms with Crippen molar-refractivity contribution in [2.24, 2.45) is 17.6 Å². The zero-order chi connectivity index (χ0) is 13.8. The van der Waals surface area contributed by atoms with Crippen molar-refractivity contribution in [1.82, 2.24) is 4.31 Å². The van der Waals surface area contributed by atoms with Crippen LogP contribution >= 0.6 is 0 Å². The van der Waals surface area contributed by atoms with Crippen LogP contribution < -0.4 is 5.73 Å². The highest BCUT2D eigenvalue weighted by Crippen LogP contribution is 2.24. The third-order valence-corrected chi connectivity index (χ3v) is 5.26. The van der Waals surface area contributed by atoms with E-state index in [1.165, 1.54) is 6.26 Å². The molecule has 3 atom stereocenters. The van der Waals surface area contributed by atoms with E-state index in [2.05, 4.69) is 13.8 Å². The molecule has 1 heterocycles. The first kappa shape index (κ1) is 15.9. The first-order valence-electron chi connectivity index (χ1n) is 7.03. The predicted molar refractivity (Wildman–Crippen MR) is 75.8 cm³/mol. The summed E-state index contributed by atoms with van der Waals surface area (Å²) in [4.78, 5) is 0. The monoisotopic (exact) mass is 276 g/mol. The number of rotatable bonds is 6. The van der Waals surface area contributed by atoms with Crippen LogP contribution in [0.25, 0.3) is 0 Å². The number of nitrogens with two attached hydrogens (primary N) is 1. The normalized spacial score (nSPS) is 25.9. The van der Waals surface area contributed by atoms with E-state index in [4.69, 9.17) is 5.73 Å². The van der Waals surface area contributed by atoms with Gasteiger partial charge in [-0.2, -0.15) is 0 Å². The highest BCUT2D eigenvalue weighted by Gasteiger charge is 2.27. The highest BCUT2D eigenvalue weighted by atomic mass is 32.2. The Kier molecular flexibility index (Phi) is 6.08. The first-order chi connectivity index (χ1) is 8.32. The van der Waals surface area contributed by atoms with Gasteiger partial charge in [-0.15, -0.1) is 0 Å². The summed E-state index contributed by atoms with van der Waals surface area (Å²) in [6, 6.07) is 0.212. The minimum Gasteiger partial charge on any atom is -0.328 e. The molecule has 1 rings (SSSR count). The molecule has 2 N–H and O–H groups in total. The maximum Gasteiger partial charge on any atom is 0.211 e. The van der Waals surface area contributed by atoms with Gasteiger partial charge in [-0.05, 0) is 37.5 Å². The second-order valence-electron chi connectivity index (χ2n) is 5.87. The summed E-state index contributed by atoms with van der Waals surface area (Å²) in [6.07, 6.45) is 6.54. The topological polar surface area (TPSA) is 63.4 Å². The number of nitrogens with zero attached hydrogens (tertiary/aromatic N) is 1. The smallest absolute Gasteiger partial charge is 0.211 e. The molecule has 1 fully saturated rings. The lowest BCUT2D eigenvalue weighted by Crippen LogP contribution is -2.41. The van der Waals surface area contributed by atoms with Gasteiger partial charge in [0, 0.05) is 19.1 Å². The Bertz CT molecular complexity index is 343. The molecule has 0 spiro atoms. The Morgan fingerprint density at radius 1 is 1.44 bits per heavy atom. The first-order valence-corrected chi connectivity index (χ1v) is 8.88. The molecule has 0 aromatic rings. The van der Waals surface area contributed by atoms with Gasteiger partial charge in [0.05, 0.1) is 6.26 Å². The highest BCUT2D eigenvalue weighted by molar-refractivity contribution is 7.88. The number of sulfonamides is 1. The van der Waals surface area contributed by atoms with Crippen LogP contribution in [0.15, 0.2) is 0 Å². The average molecular weight is 276 g/mol. The minimum absolute atomic E-state index is 0.212. The standard InChI is InChI=1S/C13H28N2O2S/c1-4-11(2)8-13(14)9-12-6-5-7-15(10-12)18(3,16)17/h11-13H,4-10,14H2,1-3H3. The van der Waals surface area contributed by atoms with Crippen molar-refractivity contribution in [3.63, 3.8) is 0 Å². The zero-order valence-corrected chi connectivity index (χ0v) is 12.7. The molecule has 0 aliphatic carbocycles. The van der Waals surface area contributed by atoms with Crippen molar-refractivity contribution in [1.29, 1.82) is 0 Å². The third-order valence-electron chi connectivity index (χ3n) is 3.99. The summed E-state index contributed by atoms with van der Waals surface area (Å²) >= 11 is 0. The predicted octanol–water partition coefficient (Wildman–Crippen LogP) is 1.81. The molecular formula is C13H28N2O2S. The van der Waals surface area contributed by atoms with Crippen LogP contribution in [0.3, 0.4) is 0 Å². The van der Waals surface area contributed by atoms with E-state index < -0.39 is 10.0 Å². The van der Waals surface area contributed by atoms with E-state index in [0.29, 0.717) is 24.9 Å². The molecule has 0 aromatic carbocycles. The summed E-state index contributed by atoms with van der Waals surface area (Å²) in [5, 5.41) is 0. The van der Waals surface area contributed by atoms with Gasteiger partial charge in [0.15, 0.2) is 0 Å². The van der Waals surface area contributed by atoms with Crippen molar-refractivity contribution >= 4 is 10.0 Å². The van der Waals surface area contributed by atoms with Crippen LogP contribution in [0.2, 0.25) is 0 Å². The SMILES string of the molecule is CCC(C)CC(N)CC1CCCN(S(C)(=O)=O)C1. The Hall–Kier alpha value is -0.130. The summed E-state index contributed by atoms with van der Waals surface area (Å²) in [5.41, 5.74) is 6.17. The van der Waals surface area contributed by atoms with E-state index >= 15 is 0 Å². The van der Waals surface area contributed by atoms with Gasteiger partial charge in [0.1, 0.15) is 0 Å². The molecule has 0 aromatic heterocycles. The number of hydrogen-bond acceptors (Lipinski definition) is 3. The van der Waals surface area contributed by atoms with Gasteiger partial charge in [0.2, 0.25) is 10.0 Å². The Morgan fingerprint density at radius 2 is 2.11 bits per heavy atom. The quantitative estimate of drug-likeness (QED) is 0.805. The van der Waals surface area contributed by atoms with E-state index in [1.54, 1.807) is 4.31 Å². The fourth-order valence-corrected chi connectivity index (χ4v) is 3.67. The fourth-order valence-electron chi connectivity index (χ4n) is 2.73. The Labute approximate surface area is 112 Å². The third kappa shape index (κ3) is 5.24. The Balaban J connectivity index is 2.43. The van der Waals surface area contributed by atoms with Crippen molar-refractivity contribution in [3.05, 3.63) is 0 Å². The van der Waals surface area contributed by atoms with Gasteiger partial charge in [-0.3, -0.25) is 0 Å². The molecule has 108 valence electrons. The molecule has 4 nitrogen and oxygen atoms in total. The molecule has 5 heteroatoms. The van der Waals surface area contributed by atoms with E-state index in [1.807, 2.05) is 0 Å². The van der Waals surface area contributed by atoms with Crippen LogP contribution in [0.5, 0.6) is 0 Å². The molecule has 0 radical (unpaired) electrons. The summed E-state index contributed by atoms with van der Waals surface area (Å²) in [6.45, 7) is 5.75. The second kappa shape index (κ2) is 6.87.